The van der Waals surface area contributed by atoms with E-state index in [1.807, 2.05) is 0 Å². The van der Waals surface area contributed by atoms with Gasteiger partial charge in [-0.3, -0.25) is 10.5 Å². The molecule has 0 fully saturated rings. The summed E-state index contributed by atoms with van der Waals surface area (Å²) < 4.78 is 0. The summed E-state index contributed by atoms with van der Waals surface area (Å²) in [5.41, 5.74) is 7.79. The lowest BCUT2D eigenvalue weighted by Crippen LogP contribution is -2.51. The van der Waals surface area contributed by atoms with E-state index < -0.39 is 11.6 Å². The summed E-state index contributed by atoms with van der Waals surface area (Å²) in [6.07, 6.45) is 0.141. The molecule has 4 nitrogen and oxygen atoms in total. The first-order chi connectivity index (χ1) is 3.50. The molecular weight excluding hydrogens is 108 g/mol. The number of aliphatic hydroxyl groups is 1. The van der Waals surface area contributed by atoms with E-state index in [2.05, 4.69) is 5.73 Å². The molecule has 0 aromatic carbocycles. The SMILES string of the molecule is CCC(N)(O)C(N)=O. The van der Waals surface area contributed by atoms with Crippen LogP contribution in [0.3, 0.4) is 0 Å². The van der Waals surface area contributed by atoms with E-state index in [1.54, 1.807) is 6.92 Å². The maximum Gasteiger partial charge on any atom is 0.264 e. The van der Waals surface area contributed by atoms with E-state index in [0.29, 0.717) is 0 Å². The monoisotopic (exact) mass is 118 g/mol. The summed E-state index contributed by atoms with van der Waals surface area (Å²) in [6.45, 7) is 1.57. The molecule has 0 spiro atoms. The third-order valence-electron chi connectivity index (χ3n) is 0.966. The first-order valence-corrected chi connectivity index (χ1v) is 2.32. The standard InChI is InChI=1S/C4H10N2O2/c1-2-4(6,8)3(5)7/h8H,2,6H2,1H3,(H2,5,7). The molecule has 0 bridgehead atoms. The molecule has 8 heavy (non-hydrogen) atoms. The Morgan fingerprint density at radius 2 is 2.25 bits per heavy atom. The van der Waals surface area contributed by atoms with Crippen molar-refractivity contribution >= 4 is 5.91 Å². The Morgan fingerprint density at radius 3 is 2.25 bits per heavy atom. The van der Waals surface area contributed by atoms with Crippen molar-refractivity contribution in [3.63, 3.8) is 0 Å². The second-order valence-electron chi connectivity index (χ2n) is 1.64. The van der Waals surface area contributed by atoms with Crippen molar-refractivity contribution in [1.82, 2.24) is 0 Å². The molecule has 0 rings (SSSR count). The minimum Gasteiger partial charge on any atom is -0.368 e. The minimum atomic E-state index is -1.82. The number of amides is 1. The number of hydrogen-bond acceptors (Lipinski definition) is 3. The predicted octanol–water partition coefficient (Wildman–Crippen LogP) is -1.47. The lowest BCUT2D eigenvalue weighted by atomic mass is 10.2. The zero-order valence-corrected chi connectivity index (χ0v) is 4.72. The summed E-state index contributed by atoms with van der Waals surface area (Å²) in [5.74, 6) is -0.889. The van der Waals surface area contributed by atoms with Crippen LogP contribution in [-0.4, -0.2) is 16.7 Å². The molecule has 0 aliphatic carbocycles. The Morgan fingerprint density at radius 1 is 1.88 bits per heavy atom. The third kappa shape index (κ3) is 1.48. The van der Waals surface area contributed by atoms with Gasteiger partial charge in [-0.25, -0.2) is 0 Å². The van der Waals surface area contributed by atoms with Crippen molar-refractivity contribution < 1.29 is 9.90 Å². The Kier molecular flexibility index (Phi) is 1.94. The molecule has 0 aliphatic rings. The molecule has 1 atom stereocenters. The third-order valence-corrected chi connectivity index (χ3v) is 0.966. The van der Waals surface area contributed by atoms with Gasteiger partial charge in [-0.2, -0.15) is 0 Å². The van der Waals surface area contributed by atoms with Gasteiger partial charge >= 0.3 is 0 Å². The van der Waals surface area contributed by atoms with Gasteiger partial charge < -0.3 is 10.8 Å². The van der Waals surface area contributed by atoms with Crippen molar-refractivity contribution in [2.75, 3.05) is 0 Å². The van der Waals surface area contributed by atoms with Gasteiger partial charge in [0.1, 0.15) is 0 Å². The number of rotatable bonds is 2. The number of primary amides is 1. The lowest BCUT2D eigenvalue weighted by Gasteiger charge is -2.14. The van der Waals surface area contributed by atoms with Gasteiger partial charge in [0.2, 0.25) is 0 Å². The zero-order chi connectivity index (χ0) is 6.78. The molecule has 0 aliphatic heterocycles. The Bertz CT molecular complexity index is 100. The van der Waals surface area contributed by atoms with Gasteiger partial charge in [-0.15, -0.1) is 0 Å². The quantitative estimate of drug-likeness (QED) is 0.387. The summed E-state index contributed by atoms with van der Waals surface area (Å²) in [5, 5.41) is 8.70. The smallest absolute Gasteiger partial charge is 0.264 e. The molecular formula is C4H10N2O2. The fraction of sp³-hybridized carbons (Fsp3) is 0.750. The molecule has 0 saturated carbocycles. The van der Waals surface area contributed by atoms with Crippen LogP contribution in [0.5, 0.6) is 0 Å². The Balaban J connectivity index is 3.91. The van der Waals surface area contributed by atoms with Crippen molar-refractivity contribution in [3.8, 4) is 0 Å². The van der Waals surface area contributed by atoms with Gasteiger partial charge in [-0.1, -0.05) is 6.92 Å². The normalized spacial score (nSPS) is 17.4. The van der Waals surface area contributed by atoms with E-state index in [0.717, 1.165) is 0 Å². The molecule has 1 unspecified atom stereocenters. The average Bonchev–Trinajstić information content (AvgIpc) is 1.67. The van der Waals surface area contributed by atoms with E-state index in [4.69, 9.17) is 10.8 Å². The topological polar surface area (TPSA) is 89.3 Å². The number of hydrogen-bond donors (Lipinski definition) is 3. The average molecular weight is 118 g/mol. The zero-order valence-electron chi connectivity index (χ0n) is 4.72. The van der Waals surface area contributed by atoms with Crippen LogP contribution in [0.15, 0.2) is 0 Å². The highest BCUT2D eigenvalue weighted by molar-refractivity contribution is 5.82. The number of carbonyl (C=O) groups is 1. The fourth-order valence-corrected chi connectivity index (χ4v) is 0.174. The van der Waals surface area contributed by atoms with E-state index in [9.17, 15) is 4.79 Å². The van der Waals surface area contributed by atoms with Crippen LogP contribution in [-0.2, 0) is 4.79 Å². The molecule has 0 saturated heterocycles. The number of carbonyl (C=O) groups excluding carboxylic acids is 1. The first-order valence-electron chi connectivity index (χ1n) is 2.32. The van der Waals surface area contributed by atoms with Crippen LogP contribution < -0.4 is 11.5 Å². The summed E-state index contributed by atoms with van der Waals surface area (Å²) in [6, 6.07) is 0. The molecule has 0 aromatic heterocycles. The summed E-state index contributed by atoms with van der Waals surface area (Å²) in [4.78, 5) is 10.1. The largest absolute Gasteiger partial charge is 0.368 e. The van der Waals surface area contributed by atoms with Gasteiger partial charge in [-0.05, 0) is 6.42 Å². The lowest BCUT2D eigenvalue weighted by molar-refractivity contribution is -0.136. The van der Waals surface area contributed by atoms with Crippen molar-refractivity contribution in [2.45, 2.75) is 19.1 Å². The van der Waals surface area contributed by atoms with Crippen LogP contribution in [0.2, 0.25) is 0 Å². The molecule has 0 heterocycles. The molecule has 0 aromatic rings. The van der Waals surface area contributed by atoms with Crippen LogP contribution in [0.4, 0.5) is 0 Å². The van der Waals surface area contributed by atoms with Crippen LogP contribution in [0.25, 0.3) is 0 Å². The summed E-state index contributed by atoms with van der Waals surface area (Å²) in [7, 11) is 0. The maximum atomic E-state index is 10.1. The van der Waals surface area contributed by atoms with Gasteiger partial charge in [0.05, 0.1) is 0 Å². The highest BCUT2D eigenvalue weighted by Crippen LogP contribution is 1.97. The molecule has 48 valence electrons. The number of nitrogens with two attached hydrogens (primary N) is 2. The minimum absolute atomic E-state index is 0.141. The van der Waals surface area contributed by atoms with E-state index in [1.165, 1.54) is 0 Å². The highest BCUT2D eigenvalue weighted by atomic mass is 16.3. The Hall–Kier alpha value is -0.610. The van der Waals surface area contributed by atoms with E-state index >= 15 is 0 Å². The summed E-state index contributed by atoms with van der Waals surface area (Å²) >= 11 is 0. The van der Waals surface area contributed by atoms with Crippen LogP contribution >= 0.6 is 0 Å². The van der Waals surface area contributed by atoms with Gasteiger partial charge in [0, 0.05) is 0 Å². The fourth-order valence-electron chi connectivity index (χ4n) is 0.174. The van der Waals surface area contributed by atoms with Crippen molar-refractivity contribution in [1.29, 1.82) is 0 Å². The van der Waals surface area contributed by atoms with Crippen molar-refractivity contribution in [2.24, 2.45) is 11.5 Å². The van der Waals surface area contributed by atoms with E-state index in [-0.39, 0.29) is 6.42 Å². The van der Waals surface area contributed by atoms with Gasteiger partial charge in [0.15, 0.2) is 5.72 Å². The van der Waals surface area contributed by atoms with Crippen LogP contribution in [0.1, 0.15) is 13.3 Å². The second-order valence-corrected chi connectivity index (χ2v) is 1.64. The molecule has 5 N–H and O–H groups in total. The predicted molar refractivity (Wildman–Crippen MR) is 28.6 cm³/mol. The molecule has 4 heteroatoms. The molecule has 0 radical (unpaired) electrons. The maximum absolute atomic E-state index is 10.1. The molecule has 1 amide bonds. The van der Waals surface area contributed by atoms with Gasteiger partial charge in [0.25, 0.3) is 5.91 Å². The van der Waals surface area contributed by atoms with Crippen molar-refractivity contribution in [3.05, 3.63) is 0 Å². The highest BCUT2D eigenvalue weighted by Gasteiger charge is 2.24. The first kappa shape index (κ1) is 7.39. The second kappa shape index (κ2) is 2.11. The Labute approximate surface area is 47.5 Å². The van der Waals surface area contributed by atoms with Crippen LogP contribution in [0, 0.1) is 0 Å².